The van der Waals surface area contributed by atoms with Crippen LogP contribution in [0.15, 0.2) is 119 Å². The highest BCUT2D eigenvalue weighted by Crippen LogP contribution is 2.38. The van der Waals surface area contributed by atoms with Gasteiger partial charge in [-0.2, -0.15) is 0 Å². The van der Waals surface area contributed by atoms with E-state index in [0.717, 1.165) is 44.4 Å². The molecule has 0 saturated heterocycles. The number of fused-ring (bicyclic) bond motifs is 5. The van der Waals surface area contributed by atoms with Crippen LogP contribution in [0.3, 0.4) is 0 Å². The van der Waals surface area contributed by atoms with Gasteiger partial charge in [0.1, 0.15) is 5.58 Å². The number of para-hydroxylation sites is 1. The summed E-state index contributed by atoms with van der Waals surface area (Å²) in [5.74, 6) is 0. The van der Waals surface area contributed by atoms with E-state index in [0.29, 0.717) is 0 Å². The first-order valence-corrected chi connectivity index (χ1v) is 11.1. The van der Waals surface area contributed by atoms with E-state index in [1.807, 2.05) is 30.5 Å². The summed E-state index contributed by atoms with van der Waals surface area (Å²) in [7, 11) is 0. The minimum Gasteiger partial charge on any atom is -0.464 e. The highest BCUT2D eigenvalue weighted by molar-refractivity contribution is 6.20. The number of hydrogen-bond donors (Lipinski definition) is 0. The van der Waals surface area contributed by atoms with Crippen molar-refractivity contribution in [3.8, 4) is 16.8 Å². The maximum Gasteiger partial charge on any atom is 0.134 e. The Labute approximate surface area is 196 Å². The van der Waals surface area contributed by atoms with Gasteiger partial charge in [-0.05, 0) is 72.5 Å². The average Bonchev–Trinajstić information content (AvgIpc) is 3.49. The van der Waals surface area contributed by atoms with Crippen LogP contribution in [-0.2, 0) is 0 Å². The molecule has 3 aromatic heterocycles. The van der Waals surface area contributed by atoms with Crippen molar-refractivity contribution in [2.75, 3.05) is 0 Å². The summed E-state index contributed by atoms with van der Waals surface area (Å²) in [6.07, 6.45) is 13.0. The molecule has 34 heavy (non-hydrogen) atoms. The van der Waals surface area contributed by atoms with Gasteiger partial charge in [0.05, 0.1) is 17.3 Å². The Hall–Kier alpha value is -4.70. The first kappa shape index (κ1) is 19.9. The Morgan fingerprint density at radius 2 is 1.79 bits per heavy atom. The number of rotatable bonds is 5. The van der Waals surface area contributed by atoms with Gasteiger partial charge in [-0.1, -0.05) is 36.4 Å². The van der Waals surface area contributed by atoms with E-state index in [2.05, 4.69) is 88.0 Å². The number of nitrogens with zero attached hydrogens (tertiary/aromatic N) is 3. The van der Waals surface area contributed by atoms with Crippen LogP contribution >= 0.6 is 0 Å². The van der Waals surface area contributed by atoms with E-state index in [1.165, 1.54) is 10.8 Å². The Bertz CT molecular complexity index is 1720. The van der Waals surface area contributed by atoms with Crippen LogP contribution in [-0.4, -0.2) is 16.3 Å². The molecule has 162 valence electrons. The molecular weight excluding hydrogens is 418 g/mol. The monoisotopic (exact) mass is 439 g/mol. The molecule has 0 bridgehead atoms. The lowest BCUT2D eigenvalue weighted by molar-refractivity contribution is 0.616. The lowest BCUT2D eigenvalue weighted by atomic mass is 10.0. The SMILES string of the molecule is C=NC=CC=Cc1cc(-c2cccnc2)cc(-n2c3ccccc3c3c4ccoc4ccc32)c1. The molecule has 3 heterocycles. The minimum atomic E-state index is 0.894. The quantitative estimate of drug-likeness (QED) is 0.203. The van der Waals surface area contributed by atoms with E-state index in [-0.39, 0.29) is 0 Å². The second kappa shape index (κ2) is 8.34. The van der Waals surface area contributed by atoms with Gasteiger partial charge in [0, 0.05) is 46.0 Å². The van der Waals surface area contributed by atoms with Gasteiger partial charge in [-0.15, -0.1) is 0 Å². The summed E-state index contributed by atoms with van der Waals surface area (Å²) < 4.78 is 8.04. The largest absolute Gasteiger partial charge is 0.464 e. The molecular formula is C30H21N3O. The average molecular weight is 440 g/mol. The maximum absolute atomic E-state index is 5.71. The highest BCUT2D eigenvalue weighted by Gasteiger charge is 2.16. The highest BCUT2D eigenvalue weighted by atomic mass is 16.3. The lowest BCUT2D eigenvalue weighted by Crippen LogP contribution is -1.96. The number of furan rings is 1. The van der Waals surface area contributed by atoms with E-state index >= 15 is 0 Å². The van der Waals surface area contributed by atoms with Crippen molar-refractivity contribution in [1.82, 2.24) is 9.55 Å². The van der Waals surface area contributed by atoms with Crippen molar-refractivity contribution < 1.29 is 4.42 Å². The molecule has 0 spiro atoms. The summed E-state index contributed by atoms with van der Waals surface area (Å²) in [6.45, 7) is 3.49. The molecule has 0 aliphatic heterocycles. The third-order valence-electron chi connectivity index (χ3n) is 6.05. The van der Waals surface area contributed by atoms with Crippen LogP contribution < -0.4 is 0 Å². The molecule has 0 radical (unpaired) electrons. The third kappa shape index (κ3) is 3.33. The summed E-state index contributed by atoms with van der Waals surface area (Å²) >= 11 is 0. The van der Waals surface area contributed by atoms with Crippen molar-refractivity contribution in [2.24, 2.45) is 4.99 Å². The zero-order chi connectivity index (χ0) is 22.9. The van der Waals surface area contributed by atoms with Gasteiger partial charge < -0.3 is 8.98 Å². The van der Waals surface area contributed by atoms with Gasteiger partial charge in [0.15, 0.2) is 0 Å². The van der Waals surface area contributed by atoms with E-state index in [1.54, 1.807) is 18.7 Å². The molecule has 0 aliphatic rings. The zero-order valence-corrected chi connectivity index (χ0v) is 18.4. The van der Waals surface area contributed by atoms with Crippen LogP contribution in [0.25, 0.3) is 55.7 Å². The third-order valence-corrected chi connectivity index (χ3v) is 6.05. The predicted molar refractivity (Wildman–Crippen MR) is 142 cm³/mol. The second-order valence-electron chi connectivity index (χ2n) is 8.08. The van der Waals surface area contributed by atoms with Crippen molar-refractivity contribution in [3.63, 3.8) is 0 Å². The van der Waals surface area contributed by atoms with Gasteiger partial charge in [-0.3, -0.25) is 9.98 Å². The van der Waals surface area contributed by atoms with E-state index in [9.17, 15) is 0 Å². The number of hydrogen-bond acceptors (Lipinski definition) is 3. The molecule has 0 aliphatic carbocycles. The summed E-state index contributed by atoms with van der Waals surface area (Å²) in [4.78, 5) is 8.11. The number of aliphatic imine (C=N–C) groups is 1. The lowest BCUT2D eigenvalue weighted by Gasteiger charge is -2.12. The number of allylic oxidation sites excluding steroid dienone is 2. The molecule has 6 aromatic rings. The Morgan fingerprint density at radius 3 is 2.68 bits per heavy atom. The van der Waals surface area contributed by atoms with Gasteiger partial charge >= 0.3 is 0 Å². The topological polar surface area (TPSA) is 43.3 Å². The molecule has 4 nitrogen and oxygen atoms in total. The molecule has 0 amide bonds. The Balaban J connectivity index is 1.66. The zero-order valence-electron chi connectivity index (χ0n) is 18.4. The molecule has 0 N–H and O–H groups in total. The van der Waals surface area contributed by atoms with E-state index in [4.69, 9.17) is 4.42 Å². The minimum absolute atomic E-state index is 0.894. The van der Waals surface area contributed by atoms with Crippen LogP contribution in [0.5, 0.6) is 0 Å². The number of aromatic nitrogens is 2. The van der Waals surface area contributed by atoms with Crippen molar-refractivity contribution in [3.05, 3.63) is 115 Å². The summed E-state index contributed by atoms with van der Waals surface area (Å²) in [5, 5.41) is 3.53. The van der Waals surface area contributed by atoms with Gasteiger partial charge in [0.25, 0.3) is 0 Å². The molecule has 0 fully saturated rings. The predicted octanol–water partition coefficient (Wildman–Crippen LogP) is 7.82. The fourth-order valence-corrected chi connectivity index (χ4v) is 4.63. The smallest absolute Gasteiger partial charge is 0.134 e. The molecule has 6 rings (SSSR count). The number of benzene rings is 3. The second-order valence-corrected chi connectivity index (χ2v) is 8.08. The fraction of sp³-hybridized carbons (Fsp3) is 0. The molecule has 0 saturated carbocycles. The van der Waals surface area contributed by atoms with Gasteiger partial charge in [-0.25, -0.2) is 0 Å². The normalized spacial score (nSPS) is 12.0. The fourth-order valence-electron chi connectivity index (χ4n) is 4.63. The molecule has 0 atom stereocenters. The molecule has 3 aromatic carbocycles. The number of pyridine rings is 1. The van der Waals surface area contributed by atoms with Crippen LogP contribution in [0.1, 0.15) is 5.56 Å². The standard InChI is InChI=1S/C30H21N3O/c1-31-14-5-4-7-21-17-23(22-8-6-15-32-20-22)19-24(18-21)33-27-10-3-2-9-25(27)30-26-13-16-34-29(26)12-11-28(30)33/h2-20H,1H2. The summed E-state index contributed by atoms with van der Waals surface area (Å²) in [5.41, 5.74) is 7.53. The Kier molecular flexibility index (Phi) is 4.89. The Morgan fingerprint density at radius 1 is 0.853 bits per heavy atom. The van der Waals surface area contributed by atoms with Gasteiger partial charge in [0.2, 0.25) is 0 Å². The molecule has 4 heteroatoms. The van der Waals surface area contributed by atoms with E-state index < -0.39 is 0 Å². The van der Waals surface area contributed by atoms with Crippen molar-refractivity contribution in [2.45, 2.75) is 0 Å². The maximum atomic E-state index is 5.71. The molecule has 0 unspecified atom stereocenters. The van der Waals surface area contributed by atoms with Crippen molar-refractivity contribution in [1.29, 1.82) is 0 Å². The summed E-state index contributed by atoms with van der Waals surface area (Å²) in [6, 6.07) is 25.4. The first-order valence-electron chi connectivity index (χ1n) is 11.1. The van der Waals surface area contributed by atoms with Crippen molar-refractivity contribution >= 4 is 45.6 Å². The van der Waals surface area contributed by atoms with Crippen LogP contribution in [0.4, 0.5) is 0 Å². The first-order chi connectivity index (χ1) is 16.8. The van der Waals surface area contributed by atoms with Crippen LogP contribution in [0.2, 0.25) is 0 Å². The van der Waals surface area contributed by atoms with Crippen LogP contribution in [0, 0.1) is 0 Å².